The van der Waals surface area contributed by atoms with Gasteiger partial charge in [-0.3, -0.25) is 9.59 Å². The van der Waals surface area contributed by atoms with Gasteiger partial charge in [0.2, 0.25) is 11.8 Å². The van der Waals surface area contributed by atoms with Crippen molar-refractivity contribution < 1.29 is 9.59 Å². The van der Waals surface area contributed by atoms with E-state index in [1.165, 1.54) is 12.8 Å². The molecule has 2 amide bonds. The van der Waals surface area contributed by atoms with Gasteiger partial charge >= 0.3 is 0 Å². The zero-order valence-corrected chi connectivity index (χ0v) is 15.8. The van der Waals surface area contributed by atoms with Crippen LogP contribution in [0.1, 0.15) is 37.7 Å². The van der Waals surface area contributed by atoms with Crippen molar-refractivity contribution in [3.63, 3.8) is 0 Å². The van der Waals surface area contributed by atoms with E-state index in [4.69, 9.17) is 11.6 Å². The van der Waals surface area contributed by atoms with Crippen LogP contribution < -0.4 is 5.32 Å². The molecular formula is C20H26ClN3O2. The van der Waals surface area contributed by atoms with Crippen LogP contribution in [0.4, 0.5) is 0 Å². The van der Waals surface area contributed by atoms with Gasteiger partial charge in [0.1, 0.15) is 0 Å². The second kappa shape index (κ2) is 7.57. The van der Waals surface area contributed by atoms with Gasteiger partial charge in [0.05, 0.1) is 6.54 Å². The fourth-order valence-electron chi connectivity index (χ4n) is 4.62. The number of hydrogen-bond acceptors (Lipinski definition) is 3. The summed E-state index contributed by atoms with van der Waals surface area (Å²) in [5, 5.41) is 4.31. The highest BCUT2D eigenvalue weighted by Crippen LogP contribution is 2.33. The van der Waals surface area contributed by atoms with Gasteiger partial charge < -0.3 is 15.1 Å². The molecule has 2 atom stereocenters. The zero-order chi connectivity index (χ0) is 18.1. The summed E-state index contributed by atoms with van der Waals surface area (Å²) in [5.74, 6) is 0.657. The van der Waals surface area contributed by atoms with Crippen molar-refractivity contribution in [1.82, 2.24) is 15.1 Å². The summed E-state index contributed by atoms with van der Waals surface area (Å²) in [6, 6.07) is 8.77. The number of carbonyl (C=O) groups is 2. The Bertz CT molecular complexity index is 666. The number of fused-ring (bicyclic) bond motifs is 2. The molecule has 1 N–H and O–H groups in total. The van der Waals surface area contributed by atoms with Crippen LogP contribution in [-0.2, 0) is 16.1 Å². The number of nitrogens with one attached hydrogen (secondary N) is 1. The van der Waals surface area contributed by atoms with Gasteiger partial charge in [-0.2, -0.15) is 0 Å². The zero-order valence-electron chi connectivity index (χ0n) is 15.0. The molecule has 1 aromatic rings. The maximum absolute atomic E-state index is 12.7. The van der Waals surface area contributed by atoms with E-state index in [1.54, 1.807) is 4.90 Å². The minimum Gasteiger partial charge on any atom is -0.335 e. The molecule has 4 rings (SSSR count). The summed E-state index contributed by atoms with van der Waals surface area (Å²) < 4.78 is 0. The predicted molar refractivity (Wildman–Crippen MR) is 101 cm³/mol. The van der Waals surface area contributed by atoms with Crippen LogP contribution in [-0.4, -0.2) is 53.3 Å². The molecule has 26 heavy (non-hydrogen) atoms. The van der Waals surface area contributed by atoms with Gasteiger partial charge in [0.15, 0.2) is 0 Å². The van der Waals surface area contributed by atoms with Crippen LogP contribution in [0.3, 0.4) is 0 Å². The van der Waals surface area contributed by atoms with Crippen molar-refractivity contribution in [2.24, 2.45) is 5.92 Å². The Morgan fingerprint density at radius 1 is 1.12 bits per heavy atom. The fourth-order valence-corrected chi connectivity index (χ4v) is 4.74. The van der Waals surface area contributed by atoms with E-state index < -0.39 is 0 Å². The number of halogens is 1. The fraction of sp³-hybridized carbons (Fsp3) is 0.600. The minimum atomic E-state index is 0.0323. The van der Waals surface area contributed by atoms with Crippen LogP contribution in [0.2, 0.25) is 5.02 Å². The Kier molecular flexibility index (Phi) is 5.18. The smallest absolute Gasteiger partial charge is 0.242 e. The van der Waals surface area contributed by atoms with Gasteiger partial charge in [0, 0.05) is 43.2 Å². The molecular weight excluding hydrogens is 350 g/mol. The highest BCUT2D eigenvalue weighted by molar-refractivity contribution is 6.30. The Labute approximate surface area is 159 Å². The van der Waals surface area contributed by atoms with Gasteiger partial charge in [-0.25, -0.2) is 0 Å². The number of carbonyl (C=O) groups excluding carboxylic acids is 2. The standard InChI is InChI=1S/C20H26ClN3O2/c21-16-3-1-14(2-4-16)12-23-7-8-24(13-20(23)26)19(25)11-15-9-17-5-6-18(10-15)22-17/h1-4,15,17-18,22H,5-13H2. The first-order valence-electron chi connectivity index (χ1n) is 9.63. The average molecular weight is 376 g/mol. The third-order valence-electron chi connectivity index (χ3n) is 5.99. The molecule has 3 heterocycles. The van der Waals surface area contributed by atoms with Gasteiger partial charge in [-0.1, -0.05) is 23.7 Å². The molecule has 3 aliphatic rings. The molecule has 1 aromatic carbocycles. The number of hydrogen-bond donors (Lipinski definition) is 1. The Balaban J connectivity index is 1.28. The van der Waals surface area contributed by atoms with Gasteiger partial charge in [-0.05, 0) is 49.3 Å². The summed E-state index contributed by atoms with van der Waals surface area (Å²) in [6.07, 6.45) is 5.30. The SMILES string of the molecule is O=C(CC1CC2CCC(C1)N2)N1CCN(Cc2ccc(Cl)cc2)C(=O)C1. The molecule has 0 spiro atoms. The maximum atomic E-state index is 12.7. The molecule has 2 unspecified atom stereocenters. The van der Waals surface area contributed by atoms with Crippen molar-refractivity contribution in [3.8, 4) is 0 Å². The summed E-state index contributed by atoms with van der Waals surface area (Å²) in [4.78, 5) is 28.7. The Hall–Kier alpha value is -1.59. The quantitative estimate of drug-likeness (QED) is 0.879. The van der Waals surface area contributed by atoms with Crippen molar-refractivity contribution >= 4 is 23.4 Å². The van der Waals surface area contributed by atoms with E-state index >= 15 is 0 Å². The Morgan fingerprint density at radius 3 is 2.46 bits per heavy atom. The van der Waals surface area contributed by atoms with E-state index in [-0.39, 0.29) is 18.4 Å². The van der Waals surface area contributed by atoms with Crippen molar-refractivity contribution in [3.05, 3.63) is 34.9 Å². The summed E-state index contributed by atoms with van der Waals surface area (Å²) in [6.45, 7) is 2.03. The third-order valence-corrected chi connectivity index (χ3v) is 6.24. The van der Waals surface area contributed by atoms with Crippen LogP contribution in [0.25, 0.3) is 0 Å². The number of piperazine rings is 1. The molecule has 0 radical (unpaired) electrons. The number of benzene rings is 1. The normalized spacial score (nSPS) is 28.5. The largest absolute Gasteiger partial charge is 0.335 e. The highest BCUT2D eigenvalue weighted by atomic mass is 35.5. The second-order valence-corrected chi connectivity index (χ2v) is 8.37. The van der Waals surface area contributed by atoms with Gasteiger partial charge in [0.25, 0.3) is 0 Å². The summed E-state index contributed by atoms with van der Waals surface area (Å²) in [5.41, 5.74) is 1.06. The Morgan fingerprint density at radius 2 is 1.81 bits per heavy atom. The number of piperidine rings is 1. The molecule has 0 aromatic heterocycles. The van der Waals surface area contributed by atoms with Crippen LogP contribution in [0.15, 0.2) is 24.3 Å². The molecule has 2 bridgehead atoms. The first-order chi connectivity index (χ1) is 12.6. The van der Waals surface area contributed by atoms with E-state index in [1.807, 2.05) is 29.2 Å². The van der Waals surface area contributed by atoms with E-state index in [0.29, 0.717) is 49.1 Å². The van der Waals surface area contributed by atoms with Crippen molar-refractivity contribution in [2.45, 2.75) is 50.7 Å². The number of amides is 2. The lowest BCUT2D eigenvalue weighted by atomic mass is 9.89. The first-order valence-corrected chi connectivity index (χ1v) is 10.0. The van der Waals surface area contributed by atoms with Gasteiger partial charge in [-0.15, -0.1) is 0 Å². The summed E-state index contributed by atoms with van der Waals surface area (Å²) in [7, 11) is 0. The maximum Gasteiger partial charge on any atom is 0.242 e. The predicted octanol–water partition coefficient (Wildman–Crippen LogP) is 2.43. The number of nitrogens with zero attached hydrogens (tertiary/aromatic N) is 2. The molecule has 3 fully saturated rings. The van der Waals surface area contributed by atoms with Crippen molar-refractivity contribution in [1.29, 1.82) is 0 Å². The molecule has 0 saturated carbocycles. The molecule has 0 aliphatic carbocycles. The second-order valence-electron chi connectivity index (χ2n) is 7.94. The average Bonchev–Trinajstić information content (AvgIpc) is 2.97. The lowest BCUT2D eigenvalue weighted by Crippen LogP contribution is -2.52. The lowest BCUT2D eigenvalue weighted by molar-refractivity contribution is -0.146. The van der Waals surface area contributed by atoms with Crippen LogP contribution >= 0.6 is 11.6 Å². The molecule has 140 valence electrons. The lowest BCUT2D eigenvalue weighted by Gasteiger charge is -2.36. The number of rotatable bonds is 4. The third kappa shape index (κ3) is 4.04. The van der Waals surface area contributed by atoms with E-state index in [0.717, 1.165) is 18.4 Å². The monoisotopic (exact) mass is 375 g/mol. The molecule has 3 aliphatic heterocycles. The van der Waals surface area contributed by atoms with E-state index in [2.05, 4.69) is 5.32 Å². The first kappa shape index (κ1) is 17.8. The molecule has 3 saturated heterocycles. The van der Waals surface area contributed by atoms with Crippen molar-refractivity contribution in [2.75, 3.05) is 19.6 Å². The summed E-state index contributed by atoms with van der Waals surface area (Å²) >= 11 is 5.91. The van der Waals surface area contributed by atoms with Crippen LogP contribution in [0.5, 0.6) is 0 Å². The van der Waals surface area contributed by atoms with Crippen LogP contribution in [0, 0.1) is 5.92 Å². The molecule has 6 heteroatoms. The highest BCUT2D eigenvalue weighted by Gasteiger charge is 2.35. The molecule has 5 nitrogen and oxygen atoms in total. The minimum absolute atomic E-state index is 0.0323. The topological polar surface area (TPSA) is 52.7 Å². The van der Waals surface area contributed by atoms with E-state index in [9.17, 15) is 9.59 Å².